The van der Waals surface area contributed by atoms with E-state index in [1.807, 2.05) is 0 Å². The van der Waals surface area contributed by atoms with Gasteiger partial charge in [-0.15, -0.1) is 0 Å². The van der Waals surface area contributed by atoms with Crippen LogP contribution >= 0.6 is 0 Å². The number of ether oxygens (including phenoxy) is 2. The highest BCUT2D eigenvalue weighted by Crippen LogP contribution is 2.08. The van der Waals surface area contributed by atoms with E-state index in [9.17, 15) is 14.4 Å². The van der Waals surface area contributed by atoms with E-state index in [4.69, 9.17) is 4.74 Å². The molecule has 0 aliphatic heterocycles. The van der Waals surface area contributed by atoms with Crippen LogP contribution in [0.2, 0.25) is 0 Å². The molecule has 8 nitrogen and oxygen atoms in total. The second-order valence-electron chi connectivity index (χ2n) is 6.05. The van der Waals surface area contributed by atoms with E-state index >= 15 is 0 Å². The van der Waals surface area contributed by atoms with Crippen LogP contribution in [0.15, 0.2) is 24.5 Å². The minimum Gasteiger partial charge on any atom is -0.468 e. The lowest BCUT2D eigenvalue weighted by atomic mass is 10.1. The van der Waals surface area contributed by atoms with Crippen LogP contribution < -0.4 is 10.6 Å². The summed E-state index contributed by atoms with van der Waals surface area (Å²) < 4.78 is 9.64. The molecule has 1 heterocycles. The van der Waals surface area contributed by atoms with E-state index in [-0.39, 0.29) is 13.0 Å². The monoisotopic (exact) mass is 337 g/mol. The van der Waals surface area contributed by atoms with Gasteiger partial charge < -0.3 is 20.1 Å². The van der Waals surface area contributed by atoms with Crippen LogP contribution in [0.3, 0.4) is 0 Å². The minimum absolute atomic E-state index is 0.231. The number of rotatable bonds is 6. The normalized spacial score (nSPS) is 12.0. The second kappa shape index (κ2) is 8.85. The van der Waals surface area contributed by atoms with Gasteiger partial charge in [-0.1, -0.05) is 0 Å². The highest BCUT2D eigenvalue weighted by atomic mass is 16.6. The third-order valence-electron chi connectivity index (χ3n) is 2.83. The summed E-state index contributed by atoms with van der Waals surface area (Å²) in [7, 11) is 1.22. The van der Waals surface area contributed by atoms with Crippen molar-refractivity contribution in [1.29, 1.82) is 0 Å². The number of pyridine rings is 1. The summed E-state index contributed by atoms with van der Waals surface area (Å²) in [6.45, 7) is 4.89. The molecule has 0 fully saturated rings. The van der Waals surface area contributed by atoms with Crippen molar-refractivity contribution in [1.82, 2.24) is 15.6 Å². The first-order valence-electron chi connectivity index (χ1n) is 7.44. The van der Waals surface area contributed by atoms with Crippen LogP contribution in [-0.2, 0) is 25.5 Å². The Hall–Kier alpha value is -2.64. The molecular formula is C16H23N3O5. The van der Waals surface area contributed by atoms with Gasteiger partial charge in [0.05, 0.1) is 7.11 Å². The van der Waals surface area contributed by atoms with Gasteiger partial charge in [0.2, 0.25) is 5.91 Å². The summed E-state index contributed by atoms with van der Waals surface area (Å²) in [6, 6.07) is 2.57. The van der Waals surface area contributed by atoms with Crippen molar-refractivity contribution >= 4 is 18.0 Å². The van der Waals surface area contributed by atoms with E-state index in [1.165, 1.54) is 7.11 Å². The van der Waals surface area contributed by atoms with Gasteiger partial charge in [-0.05, 0) is 38.5 Å². The van der Waals surface area contributed by atoms with Gasteiger partial charge in [-0.3, -0.25) is 14.6 Å². The number of alkyl carbamates (subject to hydrolysis) is 1. The average molecular weight is 337 g/mol. The minimum atomic E-state index is -0.896. The Balaban J connectivity index is 2.76. The number of nitrogens with one attached hydrogen (secondary N) is 2. The van der Waals surface area contributed by atoms with E-state index in [1.54, 1.807) is 45.3 Å². The smallest absolute Gasteiger partial charge is 0.408 e. The molecule has 0 aliphatic carbocycles. The van der Waals surface area contributed by atoms with Crippen molar-refractivity contribution in [2.45, 2.75) is 38.8 Å². The molecule has 132 valence electrons. The largest absolute Gasteiger partial charge is 0.468 e. The average Bonchev–Trinajstić information content (AvgIpc) is 2.50. The Morgan fingerprint density at radius 1 is 1.21 bits per heavy atom. The van der Waals surface area contributed by atoms with E-state index < -0.39 is 29.6 Å². The van der Waals surface area contributed by atoms with Crippen LogP contribution in [-0.4, -0.2) is 48.3 Å². The van der Waals surface area contributed by atoms with Crippen LogP contribution in [0.4, 0.5) is 4.79 Å². The van der Waals surface area contributed by atoms with E-state index in [2.05, 4.69) is 20.4 Å². The van der Waals surface area contributed by atoms with Crippen LogP contribution in [0.5, 0.6) is 0 Å². The molecule has 2 amide bonds. The maximum Gasteiger partial charge on any atom is 0.408 e. The fourth-order valence-corrected chi connectivity index (χ4v) is 1.77. The number of aromatic nitrogens is 1. The molecule has 0 saturated heterocycles. The zero-order chi connectivity index (χ0) is 18.2. The van der Waals surface area contributed by atoms with Gasteiger partial charge in [0.25, 0.3) is 0 Å². The SMILES string of the molecule is COC(=O)CNC(=O)[C@@H](Cc1ccncc1)NC(=O)OC(C)(C)C. The number of carbonyl (C=O) groups is 3. The van der Waals surface area contributed by atoms with Crippen molar-refractivity contribution in [3.8, 4) is 0 Å². The number of carbonyl (C=O) groups excluding carboxylic acids is 3. The molecule has 0 bridgehead atoms. The third-order valence-corrected chi connectivity index (χ3v) is 2.83. The molecule has 0 aliphatic rings. The molecule has 0 radical (unpaired) electrons. The first-order valence-corrected chi connectivity index (χ1v) is 7.44. The zero-order valence-electron chi connectivity index (χ0n) is 14.3. The van der Waals surface area contributed by atoms with Crippen LogP contribution in [0, 0.1) is 0 Å². The highest BCUT2D eigenvalue weighted by Gasteiger charge is 2.25. The van der Waals surface area contributed by atoms with Crippen molar-refractivity contribution in [3.63, 3.8) is 0 Å². The van der Waals surface area contributed by atoms with Gasteiger partial charge in [0.1, 0.15) is 18.2 Å². The molecule has 24 heavy (non-hydrogen) atoms. The number of amides is 2. The molecule has 1 aromatic rings. The van der Waals surface area contributed by atoms with Crippen molar-refractivity contribution < 1.29 is 23.9 Å². The van der Waals surface area contributed by atoms with Gasteiger partial charge >= 0.3 is 12.1 Å². The third kappa shape index (κ3) is 7.57. The predicted octanol–water partition coefficient (Wildman–Crippen LogP) is 0.807. The lowest BCUT2D eigenvalue weighted by molar-refractivity contribution is -0.141. The first-order chi connectivity index (χ1) is 11.2. The quantitative estimate of drug-likeness (QED) is 0.744. The Kier molecular flexibility index (Phi) is 7.16. The van der Waals surface area contributed by atoms with Gasteiger partial charge in [-0.2, -0.15) is 0 Å². The molecule has 1 atom stereocenters. The maximum atomic E-state index is 12.3. The van der Waals surface area contributed by atoms with Crippen LogP contribution in [0.1, 0.15) is 26.3 Å². The summed E-state index contributed by atoms with van der Waals surface area (Å²) in [5.74, 6) is -1.09. The Morgan fingerprint density at radius 2 is 1.83 bits per heavy atom. The molecule has 0 saturated carbocycles. The van der Waals surface area contributed by atoms with Crippen molar-refractivity contribution in [3.05, 3.63) is 30.1 Å². The summed E-state index contributed by atoms with van der Waals surface area (Å²) in [4.78, 5) is 39.3. The molecule has 0 unspecified atom stereocenters. The summed E-state index contributed by atoms with van der Waals surface area (Å²) >= 11 is 0. The summed E-state index contributed by atoms with van der Waals surface area (Å²) in [5.41, 5.74) is 0.118. The highest BCUT2D eigenvalue weighted by molar-refractivity contribution is 5.88. The van der Waals surface area contributed by atoms with Gasteiger partial charge in [-0.25, -0.2) is 4.79 Å². The molecule has 1 rings (SSSR count). The molecule has 0 aromatic carbocycles. The number of nitrogens with zero attached hydrogens (tertiary/aromatic N) is 1. The summed E-state index contributed by atoms with van der Waals surface area (Å²) in [6.07, 6.45) is 2.70. The van der Waals surface area contributed by atoms with Crippen LogP contribution in [0.25, 0.3) is 0 Å². The maximum absolute atomic E-state index is 12.3. The van der Waals surface area contributed by atoms with E-state index in [0.29, 0.717) is 0 Å². The van der Waals surface area contributed by atoms with Gasteiger partial charge in [0.15, 0.2) is 0 Å². The van der Waals surface area contributed by atoms with E-state index in [0.717, 1.165) is 5.56 Å². The summed E-state index contributed by atoms with van der Waals surface area (Å²) in [5, 5.41) is 4.94. The second-order valence-corrected chi connectivity index (χ2v) is 6.05. The molecule has 1 aromatic heterocycles. The molecule has 2 N–H and O–H groups in total. The van der Waals surface area contributed by atoms with Crippen molar-refractivity contribution in [2.75, 3.05) is 13.7 Å². The first kappa shape index (κ1) is 19.4. The Labute approximate surface area is 140 Å². The zero-order valence-corrected chi connectivity index (χ0v) is 14.3. The predicted molar refractivity (Wildman–Crippen MR) is 86.1 cm³/mol. The van der Waals surface area contributed by atoms with Crippen molar-refractivity contribution in [2.24, 2.45) is 0 Å². The Morgan fingerprint density at radius 3 is 2.38 bits per heavy atom. The number of methoxy groups -OCH3 is 1. The standard InChI is InChI=1S/C16H23N3O5/c1-16(2,3)24-15(22)19-12(9-11-5-7-17-8-6-11)14(21)18-10-13(20)23-4/h5-8,12H,9-10H2,1-4H3,(H,18,21)(H,19,22)/t12-/m1/s1. The number of hydrogen-bond donors (Lipinski definition) is 2. The fourth-order valence-electron chi connectivity index (χ4n) is 1.77. The number of esters is 1. The molecule has 0 spiro atoms. The van der Waals surface area contributed by atoms with Gasteiger partial charge in [0, 0.05) is 18.8 Å². The molecule has 8 heteroatoms. The molecular weight excluding hydrogens is 314 g/mol. The topological polar surface area (TPSA) is 107 Å². The lowest BCUT2D eigenvalue weighted by Gasteiger charge is -2.23. The Bertz CT molecular complexity index is 569. The number of hydrogen-bond acceptors (Lipinski definition) is 6. The lowest BCUT2D eigenvalue weighted by Crippen LogP contribution is -2.50. The fraction of sp³-hybridized carbons (Fsp3) is 0.500.